The van der Waals surface area contributed by atoms with Crippen LogP contribution >= 0.6 is 23.2 Å². The van der Waals surface area contributed by atoms with Crippen LogP contribution in [0.5, 0.6) is 0 Å². The van der Waals surface area contributed by atoms with Gasteiger partial charge in [-0.05, 0) is 47.9 Å². The maximum absolute atomic E-state index is 13.1. The van der Waals surface area contributed by atoms with Gasteiger partial charge in [-0.1, -0.05) is 29.3 Å². The van der Waals surface area contributed by atoms with Gasteiger partial charge in [-0.2, -0.15) is 13.2 Å². The molecular formula is C21H19Cl2F3N2O3. The highest BCUT2D eigenvalue weighted by Crippen LogP contribution is 2.36. The molecule has 31 heavy (non-hydrogen) atoms. The molecule has 0 saturated heterocycles. The molecular weight excluding hydrogens is 456 g/mol. The first-order valence-electron chi connectivity index (χ1n) is 9.28. The number of aromatic amines is 1. The summed E-state index contributed by atoms with van der Waals surface area (Å²) in [5.41, 5.74) is 2.52. The Morgan fingerprint density at radius 1 is 1.19 bits per heavy atom. The Morgan fingerprint density at radius 3 is 2.58 bits per heavy atom. The molecule has 0 aliphatic carbocycles. The fraction of sp³-hybridized carbons (Fsp3) is 0.286. The number of carbonyl (C=O) groups is 1. The van der Waals surface area contributed by atoms with Crippen molar-refractivity contribution in [2.24, 2.45) is 0 Å². The average Bonchev–Trinajstić information content (AvgIpc) is 3.05. The summed E-state index contributed by atoms with van der Waals surface area (Å²) in [5.74, 6) is 0. The maximum atomic E-state index is 13.1. The van der Waals surface area contributed by atoms with Crippen molar-refractivity contribution in [1.29, 1.82) is 0 Å². The number of aliphatic hydroxyl groups excluding tert-OH is 1. The summed E-state index contributed by atoms with van der Waals surface area (Å²) in [4.78, 5) is 13.8. The van der Waals surface area contributed by atoms with Gasteiger partial charge in [-0.15, -0.1) is 0 Å². The van der Waals surface area contributed by atoms with E-state index in [4.69, 9.17) is 33.1 Å². The number of hydrogen-bond acceptors (Lipinski definition) is 3. The van der Waals surface area contributed by atoms with E-state index in [0.717, 1.165) is 29.1 Å². The topological polar surface area (TPSA) is 76.6 Å². The van der Waals surface area contributed by atoms with Crippen LogP contribution < -0.4 is 0 Å². The van der Waals surface area contributed by atoms with Crippen molar-refractivity contribution < 1.29 is 28.2 Å². The molecule has 2 heterocycles. The highest BCUT2D eigenvalue weighted by atomic mass is 35.5. The summed E-state index contributed by atoms with van der Waals surface area (Å²) in [5, 5.41) is 18.8. The van der Waals surface area contributed by atoms with Gasteiger partial charge in [0.05, 0.1) is 16.7 Å². The molecule has 0 bridgehead atoms. The molecule has 1 atom stereocenters. The summed E-state index contributed by atoms with van der Waals surface area (Å²) in [6.45, 7) is 1.26. The minimum atomic E-state index is -4.56. The zero-order valence-corrected chi connectivity index (χ0v) is 17.6. The van der Waals surface area contributed by atoms with Gasteiger partial charge in [-0.3, -0.25) is 9.69 Å². The van der Waals surface area contributed by atoms with Crippen molar-refractivity contribution in [2.45, 2.75) is 25.2 Å². The number of nitrogens with zero attached hydrogens (tertiary/aromatic N) is 1. The summed E-state index contributed by atoms with van der Waals surface area (Å²) >= 11 is 11.8. The monoisotopic (exact) mass is 474 g/mol. The van der Waals surface area contributed by atoms with Crippen molar-refractivity contribution in [2.75, 3.05) is 13.1 Å². The maximum Gasteiger partial charge on any atom is 0.417 e. The molecule has 2 aromatic carbocycles. The number of nitrogens with one attached hydrogen (secondary N) is 1. The highest BCUT2D eigenvalue weighted by Gasteiger charge is 2.34. The van der Waals surface area contributed by atoms with Crippen LogP contribution in [0.3, 0.4) is 0 Å². The van der Waals surface area contributed by atoms with Crippen molar-refractivity contribution in [3.8, 4) is 0 Å². The van der Waals surface area contributed by atoms with E-state index in [2.05, 4.69) is 4.98 Å². The molecule has 1 aliphatic rings. The normalized spacial score (nSPS) is 15.2. The second-order valence-corrected chi connectivity index (χ2v) is 7.96. The third-order valence-corrected chi connectivity index (χ3v) is 5.69. The zero-order chi connectivity index (χ0) is 22.8. The molecule has 0 saturated carbocycles. The highest BCUT2D eigenvalue weighted by molar-refractivity contribution is 6.31. The zero-order valence-electron chi connectivity index (χ0n) is 16.1. The molecule has 1 aliphatic heterocycles. The SMILES string of the molecule is O=CO.OC(CN1CCc2c([nH]c3ccc(Cl)cc23)C1)c1ccc(Cl)c(C(F)(F)F)c1. The van der Waals surface area contributed by atoms with Crippen molar-refractivity contribution in [1.82, 2.24) is 9.88 Å². The van der Waals surface area contributed by atoms with Crippen LogP contribution in [-0.4, -0.2) is 39.7 Å². The van der Waals surface area contributed by atoms with Crippen LogP contribution in [0.1, 0.15) is 28.5 Å². The first-order chi connectivity index (χ1) is 14.6. The molecule has 0 amide bonds. The van der Waals surface area contributed by atoms with Crippen LogP contribution in [0.25, 0.3) is 10.9 Å². The standard InChI is InChI=1S/C20H17Cl2F3N2O.CH2O2/c21-12-2-4-17-14(8-12)13-5-6-27(9-18(13)26-17)10-19(28)11-1-3-16(22)15(7-11)20(23,24)25;2-1-3/h1-4,7-8,19,26,28H,5-6,9-10H2;1H,(H,2,3). The van der Waals surface area contributed by atoms with Crippen LogP contribution in [0.2, 0.25) is 10.0 Å². The number of aliphatic hydroxyl groups is 1. The Hall–Kier alpha value is -2.26. The van der Waals surface area contributed by atoms with Gasteiger partial charge in [0, 0.05) is 41.3 Å². The Morgan fingerprint density at radius 2 is 1.90 bits per heavy atom. The van der Waals surface area contributed by atoms with E-state index in [0.29, 0.717) is 18.1 Å². The molecule has 0 radical (unpaired) electrons. The molecule has 0 spiro atoms. The van der Waals surface area contributed by atoms with E-state index in [1.165, 1.54) is 17.7 Å². The molecule has 10 heteroatoms. The van der Waals surface area contributed by atoms with Gasteiger partial charge in [0.15, 0.2) is 0 Å². The second kappa shape index (κ2) is 9.48. The molecule has 3 N–H and O–H groups in total. The lowest BCUT2D eigenvalue weighted by atomic mass is 10.0. The Balaban J connectivity index is 0.000000858. The molecule has 4 rings (SSSR count). The lowest BCUT2D eigenvalue weighted by Gasteiger charge is -2.29. The number of benzene rings is 2. The predicted octanol–water partition coefficient (Wildman–Crippen LogP) is 5.29. The number of halogens is 5. The minimum Gasteiger partial charge on any atom is -0.483 e. The number of H-pyrrole nitrogens is 1. The van der Waals surface area contributed by atoms with E-state index in [1.807, 2.05) is 23.1 Å². The van der Waals surface area contributed by atoms with Crippen LogP contribution in [-0.2, 0) is 23.9 Å². The lowest BCUT2D eigenvalue weighted by molar-refractivity contribution is -0.137. The van der Waals surface area contributed by atoms with Gasteiger partial charge in [0.2, 0.25) is 0 Å². The van der Waals surface area contributed by atoms with Gasteiger partial charge in [0.25, 0.3) is 6.47 Å². The molecule has 1 unspecified atom stereocenters. The summed E-state index contributed by atoms with van der Waals surface area (Å²) in [6, 6.07) is 9.23. The van der Waals surface area contributed by atoms with E-state index >= 15 is 0 Å². The van der Waals surface area contributed by atoms with Crippen LogP contribution in [0.4, 0.5) is 13.2 Å². The molecule has 5 nitrogen and oxygen atoms in total. The smallest absolute Gasteiger partial charge is 0.417 e. The van der Waals surface area contributed by atoms with E-state index in [1.54, 1.807) is 0 Å². The third kappa shape index (κ3) is 5.33. The summed E-state index contributed by atoms with van der Waals surface area (Å²) in [7, 11) is 0. The van der Waals surface area contributed by atoms with Crippen molar-refractivity contribution >= 4 is 40.6 Å². The minimum absolute atomic E-state index is 0.200. The molecule has 0 fully saturated rings. The average molecular weight is 475 g/mol. The fourth-order valence-corrected chi connectivity index (χ4v) is 4.14. The first kappa shape index (κ1) is 23.4. The first-order valence-corrected chi connectivity index (χ1v) is 10.0. The number of β-amino-alcohol motifs (C(OH)–C–C–N with tert-alkyl or cyclic N) is 1. The van der Waals surface area contributed by atoms with Crippen LogP contribution in [0, 0.1) is 0 Å². The Bertz CT molecular complexity index is 1090. The third-order valence-electron chi connectivity index (χ3n) is 5.13. The number of carboxylic acid groups (broad SMARTS) is 1. The quantitative estimate of drug-likeness (QED) is 0.451. The number of aromatic nitrogens is 1. The fourth-order valence-electron chi connectivity index (χ4n) is 3.74. The van der Waals surface area contributed by atoms with Gasteiger partial charge in [0.1, 0.15) is 0 Å². The number of fused-ring (bicyclic) bond motifs is 3. The van der Waals surface area contributed by atoms with Crippen LogP contribution in [0.15, 0.2) is 36.4 Å². The molecule has 166 valence electrons. The van der Waals surface area contributed by atoms with E-state index in [9.17, 15) is 18.3 Å². The van der Waals surface area contributed by atoms with E-state index in [-0.39, 0.29) is 23.6 Å². The number of rotatable bonds is 3. The Labute approximate surface area is 186 Å². The van der Waals surface area contributed by atoms with Gasteiger partial charge in [-0.25, -0.2) is 0 Å². The van der Waals surface area contributed by atoms with Gasteiger partial charge < -0.3 is 15.2 Å². The van der Waals surface area contributed by atoms with Crippen molar-refractivity contribution in [3.05, 3.63) is 68.8 Å². The van der Waals surface area contributed by atoms with Gasteiger partial charge >= 0.3 is 6.18 Å². The molecule has 3 aromatic rings. The lowest BCUT2D eigenvalue weighted by Crippen LogP contribution is -2.34. The summed E-state index contributed by atoms with van der Waals surface area (Å²) < 4.78 is 39.2. The predicted molar refractivity (Wildman–Crippen MR) is 112 cm³/mol. The number of alkyl halides is 3. The Kier molecular flexibility index (Phi) is 7.16. The van der Waals surface area contributed by atoms with E-state index < -0.39 is 17.8 Å². The summed E-state index contributed by atoms with van der Waals surface area (Å²) in [6.07, 6.45) is -4.83. The largest absolute Gasteiger partial charge is 0.483 e. The molecule has 1 aromatic heterocycles. The number of hydrogen-bond donors (Lipinski definition) is 3. The van der Waals surface area contributed by atoms with Crippen molar-refractivity contribution in [3.63, 3.8) is 0 Å². The second-order valence-electron chi connectivity index (χ2n) is 7.12.